The van der Waals surface area contributed by atoms with E-state index < -0.39 is 43.9 Å². The number of hydrogen-bond acceptors (Lipinski definition) is 3. The van der Waals surface area contributed by atoms with Crippen molar-refractivity contribution in [2.75, 3.05) is 0 Å². The topological polar surface area (TPSA) is 66.4 Å². The second-order valence-corrected chi connectivity index (χ2v) is 8.84. The molecule has 1 heterocycles. The second kappa shape index (κ2) is 6.82. The average Bonchev–Trinajstić information content (AvgIpc) is 2.80. The van der Waals surface area contributed by atoms with Gasteiger partial charge in [-0.15, -0.1) is 0 Å². The van der Waals surface area contributed by atoms with E-state index in [1.807, 2.05) is 4.72 Å². The van der Waals surface area contributed by atoms with Crippen molar-refractivity contribution in [3.05, 3.63) is 17.5 Å². The molecule has 1 rings (SSSR count). The number of aliphatic hydroxyl groups is 1. The number of thiophene rings is 1. The van der Waals surface area contributed by atoms with Crippen LogP contribution >= 0.6 is 20.4 Å². The molecule has 1 aromatic heterocycles. The van der Waals surface area contributed by atoms with Gasteiger partial charge in [-0.25, -0.2) is 13.1 Å². The van der Waals surface area contributed by atoms with Crippen LogP contribution in [0, 0.1) is 5.92 Å². The van der Waals surface area contributed by atoms with Crippen molar-refractivity contribution in [3.8, 4) is 0 Å². The van der Waals surface area contributed by atoms with Crippen LogP contribution in [0.5, 0.6) is 0 Å². The third-order valence-corrected chi connectivity index (χ3v) is 7.55. The summed E-state index contributed by atoms with van der Waals surface area (Å²) >= 11 is 0. The SMILES string of the molecule is CC[C@H](C)[C@H](NS(=O)(=O)c1ccc[s+]1Cl)C(O)C(F)(F)F. The van der Waals surface area contributed by atoms with Gasteiger partial charge in [-0.2, -0.15) is 13.2 Å². The van der Waals surface area contributed by atoms with E-state index >= 15 is 0 Å². The van der Waals surface area contributed by atoms with Gasteiger partial charge in [0, 0.05) is 6.07 Å². The molecule has 21 heavy (non-hydrogen) atoms. The van der Waals surface area contributed by atoms with Crippen LogP contribution in [0.4, 0.5) is 13.2 Å². The van der Waals surface area contributed by atoms with Gasteiger partial charge >= 0.3 is 6.18 Å². The molecule has 0 aliphatic carbocycles. The zero-order valence-corrected chi connectivity index (χ0v) is 13.7. The molecule has 122 valence electrons. The van der Waals surface area contributed by atoms with E-state index in [9.17, 15) is 26.7 Å². The van der Waals surface area contributed by atoms with E-state index in [1.165, 1.54) is 24.4 Å². The molecule has 2 N–H and O–H groups in total. The molecule has 2 unspecified atom stereocenters. The van der Waals surface area contributed by atoms with Crippen molar-refractivity contribution >= 4 is 30.4 Å². The highest BCUT2D eigenvalue weighted by atomic mass is 35.7. The number of rotatable bonds is 6. The number of halogens is 4. The lowest BCUT2D eigenvalue weighted by Crippen LogP contribution is -2.53. The van der Waals surface area contributed by atoms with Crippen molar-refractivity contribution in [2.45, 2.75) is 42.8 Å². The molecule has 0 amide bonds. The van der Waals surface area contributed by atoms with Gasteiger partial charge in [0.1, 0.15) is 9.68 Å². The average molecular weight is 367 g/mol. The highest BCUT2D eigenvalue weighted by Crippen LogP contribution is 2.34. The molecule has 0 fully saturated rings. The fourth-order valence-electron chi connectivity index (χ4n) is 1.70. The molecule has 1 aromatic rings. The minimum atomic E-state index is -4.92. The van der Waals surface area contributed by atoms with Crippen molar-refractivity contribution in [1.29, 1.82) is 0 Å². The van der Waals surface area contributed by atoms with Gasteiger partial charge < -0.3 is 5.11 Å². The van der Waals surface area contributed by atoms with Crippen LogP contribution < -0.4 is 4.72 Å². The Bertz CT molecular complexity index is 574. The zero-order valence-electron chi connectivity index (χ0n) is 11.3. The largest absolute Gasteiger partial charge is 0.415 e. The summed E-state index contributed by atoms with van der Waals surface area (Å²) in [6.45, 7) is 3.04. The summed E-state index contributed by atoms with van der Waals surface area (Å²) in [4.78, 5) is 0. The van der Waals surface area contributed by atoms with Crippen LogP contribution in [-0.4, -0.2) is 31.8 Å². The number of nitrogens with one attached hydrogen (secondary N) is 1. The Hall–Kier alpha value is -0.350. The lowest BCUT2D eigenvalue weighted by molar-refractivity contribution is -0.214. The maximum atomic E-state index is 12.7. The van der Waals surface area contributed by atoms with Gasteiger partial charge in [0.25, 0.3) is 14.2 Å². The Kier molecular flexibility index (Phi) is 6.08. The standard InChI is InChI=1S/C11H16ClF3NO3S2/c1-3-7(2)9(10(17)11(13,14)15)16-21(18,19)8-5-4-6-20(8)12/h4-7,9-10,16-17H,3H2,1-2H3/q+1/t7-,9-,10?,20?/m0/s1. The van der Waals surface area contributed by atoms with Gasteiger partial charge in [0.2, 0.25) is 10.7 Å². The molecule has 0 saturated carbocycles. The predicted molar refractivity (Wildman–Crippen MR) is 75.8 cm³/mol. The zero-order chi connectivity index (χ0) is 16.4. The van der Waals surface area contributed by atoms with E-state index in [-0.39, 0.29) is 10.6 Å². The van der Waals surface area contributed by atoms with E-state index in [0.29, 0.717) is 0 Å². The summed E-state index contributed by atoms with van der Waals surface area (Å²) in [6, 6.07) is 0.977. The summed E-state index contributed by atoms with van der Waals surface area (Å²) < 4.78 is 64.1. The number of hydrogen-bond donors (Lipinski definition) is 2. The molecule has 0 aliphatic heterocycles. The molecular weight excluding hydrogens is 351 g/mol. The monoisotopic (exact) mass is 366 g/mol. The molecule has 4 atom stereocenters. The van der Waals surface area contributed by atoms with Crippen molar-refractivity contribution in [2.24, 2.45) is 5.92 Å². The van der Waals surface area contributed by atoms with Crippen LogP contribution in [0.1, 0.15) is 20.3 Å². The summed E-state index contributed by atoms with van der Waals surface area (Å²) in [6.07, 6.45) is -7.43. The molecule has 10 heteroatoms. The summed E-state index contributed by atoms with van der Waals surface area (Å²) in [5, 5.41) is 10.8. The first kappa shape index (κ1) is 18.7. The quantitative estimate of drug-likeness (QED) is 0.760. The lowest BCUT2D eigenvalue weighted by Gasteiger charge is -2.29. The second-order valence-electron chi connectivity index (χ2n) is 4.62. The maximum absolute atomic E-state index is 12.7. The Labute approximate surface area is 128 Å². The smallest absolute Gasteiger partial charge is 0.382 e. The van der Waals surface area contributed by atoms with Crippen LogP contribution in [0.25, 0.3) is 0 Å². The summed E-state index contributed by atoms with van der Waals surface area (Å²) in [5.74, 6) is -0.705. The number of sulfonamides is 1. The Balaban J connectivity index is 3.10. The molecule has 0 aromatic carbocycles. The maximum Gasteiger partial charge on any atom is 0.415 e. The normalized spacial score (nSPS) is 18.3. The van der Waals surface area contributed by atoms with Crippen LogP contribution in [0.3, 0.4) is 0 Å². The Morgan fingerprint density at radius 2 is 2.05 bits per heavy atom. The van der Waals surface area contributed by atoms with Crippen molar-refractivity contribution < 1.29 is 26.7 Å². The first-order valence-electron chi connectivity index (χ1n) is 6.05. The number of alkyl halides is 3. The minimum Gasteiger partial charge on any atom is -0.382 e. The molecule has 4 nitrogen and oxygen atoms in total. The molecule has 0 bridgehead atoms. The molecule has 0 saturated heterocycles. The van der Waals surface area contributed by atoms with Gasteiger partial charge in [-0.05, 0) is 12.0 Å². The van der Waals surface area contributed by atoms with Crippen LogP contribution in [0.15, 0.2) is 21.7 Å². The van der Waals surface area contributed by atoms with Crippen molar-refractivity contribution in [3.63, 3.8) is 0 Å². The van der Waals surface area contributed by atoms with Crippen LogP contribution in [-0.2, 0) is 10.0 Å². The van der Waals surface area contributed by atoms with Gasteiger partial charge in [-0.3, -0.25) is 0 Å². The lowest BCUT2D eigenvalue weighted by atomic mass is 9.95. The molecular formula is C11H16ClF3NO3S2+. The fourth-order valence-corrected chi connectivity index (χ4v) is 5.58. The van der Waals surface area contributed by atoms with E-state index in [1.54, 1.807) is 6.92 Å². The highest BCUT2D eigenvalue weighted by Gasteiger charge is 2.47. The summed E-state index contributed by atoms with van der Waals surface area (Å²) in [7, 11) is 0.391. The number of aliphatic hydroxyl groups excluding tert-OH is 1. The van der Waals surface area contributed by atoms with Crippen molar-refractivity contribution in [1.82, 2.24) is 4.72 Å². The van der Waals surface area contributed by atoms with Gasteiger partial charge in [0.15, 0.2) is 11.5 Å². The van der Waals surface area contributed by atoms with Gasteiger partial charge in [0.05, 0.1) is 6.04 Å². The third kappa shape index (κ3) is 4.56. The highest BCUT2D eigenvalue weighted by molar-refractivity contribution is 7.94. The first-order valence-corrected chi connectivity index (χ1v) is 9.65. The summed E-state index contributed by atoms with van der Waals surface area (Å²) in [5.41, 5.74) is 0. The van der Waals surface area contributed by atoms with E-state index in [0.717, 1.165) is 0 Å². The Morgan fingerprint density at radius 1 is 1.48 bits per heavy atom. The molecule has 0 aliphatic rings. The minimum absolute atomic E-state index is 0.202. The first-order chi connectivity index (χ1) is 9.50. The Morgan fingerprint density at radius 3 is 2.43 bits per heavy atom. The fraction of sp³-hybridized carbons (Fsp3) is 0.636. The van der Waals surface area contributed by atoms with Gasteiger partial charge in [-0.1, -0.05) is 20.3 Å². The molecule has 0 spiro atoms. The predicted octanol–water partition coefficient (Wildman–Crippen LogP) is 3.05. The third-order valence-electron chi connectivity index (χ3n) is 3.11. The van der Waals surface area contributed by atoms with Crippen LogP contribution in [0.2, 0.25) is 0 Å². The molecule has 0 radical (unpaired) electrons. The van der Waals surface area contributed by atoms with E-state index in [2.05, 4.69) is 0 Å². The van der Waals surface area contributed by atoms with E-state index in [4.69, 9.17) is 10.7 Å².